The molecule has 1 heterocycles. The molecule has 0 saturated heterocycles. The van der Waals surface area contributed by atoms with E-state index < -0.39 is 11.9 Å². The smallest absolute Gasteiger partial charge is 0.303 e. The standard InChI is InChI=1S/C15H22ClNOS.C4H6O4/c1-19-11-3-2-10-18-15-13-7-9-17-8-6-12(13)4-5-14(15)16;5-3(6)1-2-4(7)8/h4-5,17H,2-3,6-11H2,1H3;1-2H2,(H,5,6)(H,7,8). The van der Waals surface area contributed by atoms with Gasteiger partial charge in [-0.05, 0) is 62.4 Å². The first-order valence-electron chi connectivity index (χ1n) is 9.02. The molecular weight excluding hydrogens is 390 g/mol. The number of carboxylic acids is 2. The van der Waals surface area contributed by atoms with Crippen molar-refractivity contribution in [1.82, 2.24) is 5.32 Å². The van der Waals surface area contributed by atoms with Crippen LogP contribution in [0.15, 0.2) is 12.1 Å². The van der Waals surface area contributed by atoms with Gasteiger partial charge in [0.25, 0.3) is 0 Å². The Morgan fingerprint density at radius 2 is 1.81 bits per heavy atom. The number of halogens is 1. The molecule has 0 radical (unpaired) electrons. The van der Waals surface area contributed by atoms with Gasteiger partial charge in [-0.25, -0.2) is 0 Å². The van der Waals surface area contributed by atoms with Crippen LogP contribution in [0.1, 0.15) is 36.8 Å². The minimum atomic E-state index is -1.08. The molecule has 0 unspecified atom stereocenters. The molecule has 0 spiro atoms. The Kier molecular flexibility index (Phi) is 12.0. The van der Waals surface area contributed by atoms with Crippen LogP contribution in [0.3, 0.4) is 0 Å². The molecule has 2 rings (SSSR count). The van der Waals surface area contributed by atoms with Crippen LogP contribution < -0.4 is 10.1 Å². The predicted molar refractivity (Wildman–Crippen MR) is 109 cm³/mol. The van der Waals surface area contributed by atoms with Crippen LogP contribution in [0.4, 0.5) is 0 Å². The number of unbranched alkanes of at least 4 members (excludes halogenated alkanes) is 1. The van der Waals surface area contributed by atoms with Gasteiger partial charge in [0.15, 0.2) is 0 Å². The number of thioether (sulfide) groups is 1. The van der Waals surface area contributed by atoms with E-state index in [4.69, 9.17) is 26.6 Å². The number of fused-ring (bicyclic) bond motifs is 1. The van der Waals surface area contributed by atoms with Crippen molar-refractivity contribution in [1.29, 1.82) is 0 Å². The second-order valence-electron chi connectivity index (χ2n) is 6.10. The zero-order valence-corrected chi connectivity index (χ0v) is 17.2. The molecule has 1 aromatic rings. The lowest BCUT2D eigenvalue weighted by atomic mass is 10.0. The predicted octanol–water partition coefficient (Wildman–Crippen LogP) is 3.49. The maximum absolute atomic E-state index is 9.64. The van der Waals surface area contributed by atoms with Crippen molar-refractivity contribution in [2.45, 2.75) is 38.5 Å². The summed E-state index contributed by atoms with van der Waals surface area (Å²) in [5.74, 6) is -0.0275. The molecule has 1 aliphatic heterocycles. The third-order valence-electron chi connectivity index (χ3n) is 3.97. The number of rotatable bonds is 9. The highest BCUT2D eigenvalue weighted by Crippen LogP contribution is 2.33. The number of hydrogen-bond acceptors (Lipinski definition) is 5. The third-order valence-corrected chi connectivity index (χ3v) is 4.97. The van der Waals surface area contributed by atoms with Crippen LogP contribution in [0.2, 0.25) is 5.02 Å². The molecule has 0 fully saturated rings. The lowest BCUT2D eigenvalue weighted by Gasteiger charge is -2.15. The van der Waals surface area contributed by atoms with Crippen molar-refractivity contribution < 1.29 is 24.5 Å². The van der Waals surface area contributed by atoms with Gasteiger partial charge in [-0.3, -0.25) is 9.59 Å². The summed E-state index contributed by atoms with van der Waals surface area (Å²) >= 11 is 8.19. The number of nitrogens with one attached hydrogen (secondary N) is 1. The molecule has 152 valence electrons. The van der Waals surface area contributed by atoms with Crippen molar-refractivity contribution in [3.05, 3.63) is 28.3 Å². The van der Waals surface area contributed by atoms with E-state index in [0.29, 0.717) is 0 Å². The van der Waals surface area contributed by atoms with Crippen molar-refractivity contribution >= 4 is 35.3 Å². The molecule has 3 N–H and O–H groups in total. The number of carboxylic acid groups (broad SMARTS) is 2. The molecule has 1 aromatic carbocycles. The molecule has 6 nitrogen and oxygen atoms in total. The Labute approximate surface area is 169 Å². The SMILES string of the molecule is CSCCCCOc1c(Cl)ccc2c1CCNCC2.O=C(O)CCC(=O)O. The molecule has 1 aliphatic rings. The summed E-state index contributed by atoms with van der Waals surface area (Å²) in [7, 11) is 0. The Bertz CT molecular complexity index is 598. The third kappa shape index (κ3) is 9.89. The average Bonchev–Trinajstić information content (AvgIpc) is 2.87. The largest absolute Gasteiger partial charge is 0.492 e. The molecular formula is C19H28ClNO5S. The number of benzene rings is 1. The van der Waals surface area contributed by atoms with Crippen LogP contribution in [0.5, 0.6) is 5.75 Å². The summed E-state index contributed by atoms with van der Waals surface area (Å²) < 4.78 is 5.97. The first kappa shape index (κ1) is 23.6. The molecule has 27 heavy (non-hydrogen) atoms. The molecule has 8 heteroatoms. The van der Waals surface area contributed by atoms with Gasteiger partial charge in [0.2, 0.25) is 0 Å². The van der Waals surface area contributed by atoms with Gasteiger partial charge in [-0.2, -0.15) is 11.8 Å². The van der Waals surface area contributed by atoms with E-state index >= 15 is 0 Å². The van der Waals surface area contributed by atoms with E-state index in [9.17, 15) is 9.59 Å². The number of aliphatic carboxylic acids is 2. The topological polar surface area (TPSA) is 95.9 Å². The summed E-state index contributed by atoms with van der Waals surface area (Å²) in [5.41, 5.74) is 2.69. The second-order valence-corrected chi connectivity index (χ2v) is 7.49. The molecule has 0 aromatic heterocycles. The number of carbonyl (C=O) groups is 2. The van der Waals surface area contributed by atoms with Crippen LogP contribution in [0.25, 0.3) is 0 Å². The van der Waals surface area contributed by atoms with Gasteiger partial charge in [0, 0.05) is 5.56 Å². The van der Waals surface area contributed by atoms with E-state index in [2.05, 4.69) is 17.6 Å². The number of hydrogen-bond donors (Lipinski definition) is 3. The normalized spacial score (nSPS) is 13.0. The van der Waals surface area contributed by atoms with Crippen LogP contribution in [0, 0.1) is 0 Å². The fourth-order valence-electron chi connectivity index (χ4n) is 2.60. The monoisotopic (exact) mass is 417 g/mol. The summed E-state index contributed by atoms with van der Waals surface area (Å²) in [5, 5.41) is 20.0. The maximum atomic E-state index is 9.64. The summed E-state index contributed by atoms with van der Waals surface area (Å²) in [6.45, 7) is 2.82. The fourth-order valence-corrected chi connectivity index (χ4v) is 3.33. The van der Waals surface area contributed by atoms with Gasteiger partial charge in [0.1, 0.15) is 5.75 Å². The lowest BCUT2D eigenvalue weighted by Crippen LogP contribution is -2.16. The Balaban J connectivity index is 0.000000387. The summed E-state index contributed by atoms with van der Waals surface area (Å²) in [6.07, 6.45) is 5.92. The quantitative estimate of drug-likeness (QED) is 0.529. The van der Waals surface area contributed by atoms with E-state index in [0.717, 1.165) is 49.7 Å². The minimum absolute atomic E-state index is 0.296. The van der Waals surface area contributed by atoms with Crippen molar-refractivity contribution in [3.8, 4) is 5.75 Å². The van der Waals surface area contributed by atoms with Gasteiger partial charge in [0.05, 0.1) is 24.5 Å². The highest BCUT2D eigenvalue weighted by atomic mass is 35.5. The second kappa shape index (κ2) is 13.7. The van der Waals surface area contributed by atoms with Crippen molar-refractivity contribution in [2.24, 2.45) is 0 Å². The highest BCUT2D eigenvalue weighted by Gasteiger charge is 2.15. The zero-order chi connectivity index (χ0) is 20.1. The first-order chi connectivity index (χ1) is 13.0. The van der Waals surface area contributed by atoms with E-state index in [1.165, 1.54) is 23.3 Å². The minimum Gasteiger partial charge on any atom is -0.492 e. The molecule has 0 saturated carbocycles. The molecule has 0 bridgehead atoms. The Morgan fingerprint density at radius 3 is 2.44 bits per heavy atom. The van der Waals surface area contributed by atoms with E-state index in [1.54, 1.807) is 0 Å². The molecule has 0 amide bonds. The Hall–Kier alpha value is -1.44. The van der Waals surface area contributed by atoms with Gasteiger partial charge < -0.3 is 20.3 Å². The summed E-state index contributed by atoms with van der Waals surface area (Å²) in [6, 6.07) is 4.12. The van der Waals surface area contributed by atoms with Crippen LogP contribution in [-0.2, 0) is 22.4 Å². The molecule has 0 aliphatic carbocycles. The fraction of sp³-hybridized carbons (Fsp3) is 0.579. The lowest BCUT2D eigenvalue weighted by molar-refractivity contribution is -0.143. The van der Waals surface area contributed by atoms with Crippen LogP contribution >= 0.6 is 23.4 Å². The van der Waals surface area contributed by atoms with Crippen molar-refractivity contribution in [2.75, 3.05) is 31.7 Å². The van der Waals surface area contributed by atoms with Gasteiger partial charge in [-0.15, -0.1) is 0 Å². The van der Waals surface area contributed by atoms with E-state index in [-0.39, 0.29) is 12.8 Å². The maximum Gasteiger partial charge on any atom is 0.303 e. The Morgan fingerprint density at radius 1 is 1.15 bits per heavy atom. The molecule has 0 atom stereocenters. The van der Waals surface area contributed by atoms with Gasteiger partial charge in [-0.1, -0.05) is 17.7 Å². The first-order valence-corrected chi connectivity index (χ1v) is 10.8. The van der Waals surface area contributed by atoms with Crippen LogP contribution in [-0.4, -0.2) is 53.9 Å². The average molecular weight is 418 g/mol. The van der Waals surface area contributed by atoms with Crippen molar-refractivity contribution in [3.63, 3.8) is 0 Å². The summed E-state index contributed by atoms with van der Waals surface area (Å²) in [4.78, 5) is 19.3. The number of ether oxygens (including phenoxy) is 1. The van der Waals surface area contributed by atoms with E-state index in [1.807, 2.05) is 17.8 Å². The van der Waals surface area contributed by atoms with Gasteiger partial charge >= 0.3 is 11.9 Å². The highest BCUT2D eigenvalue weighted by molar-refractivity contribution is 7.98. The zero-order valence-electron chi connectivity index (χ0n) is 15.6.